The minimum Gasteiger partial charge on any atom is -0.391 e. The molecule has 1 aliphatic heterocycles. The largest absolute Gasteiger partial charge is 0.391 e. The molecule has 1 saturated heterocycles. The van der Waals surface area contributed by atoms with Gasteiger partial charge in [-0.05, 0) is 18.4 Å². The Labute approximate surface area is 78.2 Å². The van der Waals surface area contributed by atoms with Crippen LogP contribution in [0.2, 0.25) is 0 Å². The first-order valence-corrected chi connectivity index (χ1v) is 4.71. The van der Waals surface area contributed by atoms with Gasteiger partial charge in [0.1, 0.15) is 0 Å². The first-order valence-electron chi connectivity index (χ1n) is 4.71. The zero-order chi connectivity index (χ0) is 9.10. The Kier molecular flexibility index (Phi) is 2.62. The standard InChI is InChI=1S/C11H14O2/c12-10-6-7-11(13-8-10)9-4-2-1-3-5-9/h1-5,10-12H,6-8H2/t10-,11-/m0/s1. The third kappa shape index (κ3) is 2.08. The Balaban J connectivity index is 2.03. The topological polar surface area (TPSA) is 29.5 Å². The van der Waals surface area contributed by atoms with E-state index in [0.717, 1.165) is 12.8 Å². The van der Waals surface area contributed by atoms with Crippen LogP contribution < -0.4 is 0 Å². The summed E-state index contributed by atoms with van der Waals surface area (Å²) in [4.78, 5) is 0. The van der Waals surface area contributed by atoms with Gasteiger partial charge >= 0.3 is 0 Å². The molecule has 0 spiro atoms. The maximum Gasteiger partial charge on any atom is 0.0827 e. The second kappa shape index (κ2) is 3.90. The molecule has 0 amide bonds. The molecular formula is C11H14O2. The number of hydrogen-bond acceptors (Lipinski definition) is 2. The SMILES string of the molecule is O[C@H]1CC[C@@H](c2ccccc2)OC1. The summed E-state index contributed by atoms with van der Waals surface area (Å²) in [7, 11) is 0. The van der Waals surface area contributed by atoms with Gasteiger partial charge in [0.05, 0.1) is 18.8 Å². The summed E-state index contributed by atoms with van der Waals surface area (Å²) in [6, 6.07) is 10.2. The van der Waals surface area contributed by atoms with Crippen molar-refractivity contribution in [3.8, 4) is 0 Å². The molecule has 2 nitrogen and oxygen atoms in total. The van der Waals surface area contributed by atoms with Gasteiger partial charge in [0.25, 0.3) is 0 Å². The van der Waals surface area contributed by atoms with Crippen molar-refractivity contribution < 1.29 is 9.84 Å². The summed E-state index contributed by atoms with van der Waals surface area (Å²) in [5.74, 6) is 0. The van der Waals surface area contributed by atoms with E-state index in [9.17, 15) is 5.11 Å². The van der Waals surface area contributed by atoms with Crippen molar-refractivity contribution >= 4 is 0 Å². The van der Waals surface area contributed by atoms with Gasteiger partial charge in [-0.25, -0.2) is 0 Å². The van der Waals surface area contributed by atoms with Crippen LogP contribution in [-0.4, -0.2) is 17.8 Å². The number of rotatable bonds is 1. The molecule has 0 unspecified atom stereocenters. The molecular weight excluding hydrogens is 164 g/mol. The van der Waals surface area contributed by atoms with Crippen LogP contribution in [0.15, 0.2) is 30.3 Å². The van der Waals surface area contributed by atoms with E-state index < -0.39 is 0 Å². The van der Waals surface area contributed by atoms with Gasteiger partial charge in [-0.3, -0.25) is 0 Å². The molecule has 0 bridgehead atoms. The molecule has 1 aromatic rings. The lowest BCUT2D eigenvalue weighted by molar-refractivity contribution is -0.0568. The molecule has 1 N–H and O–H groups in total. The number of aliphatic hydroxyl groups is 1. The van der Waals surface area contributed by atoms with E-state index in [0.29, 0.717) is 6.61 Å². The lowest BCUT2D eigenvalue weighted by atomic mass is 10.0. The van der Waals surface area contributed by atoms with Crippen molar-refractivity contribution in [3.63, 3.8) is 0 Å². The quantitative estimate of drug-likeness (QED) is 0.711. The maximum atomic E-state index is 9.25. The molecule has 1 fully saturated rings. The monoisotopic (exact) mass is 178 g/mol. The predicted molar refractivity (Wildman–Crippen MR) is 50.4 cm³/mol. The number of hydrogen-bond donors (Lipinski definition) is 1. The minimum absolute atomic E-state index is 0.185. The van der Waals surface area contributed by atoms with E-state index in [1.54, 1.807) is 0 Å². The molecule has 0 aliphatic carbocycles. The predicted octanol–water partition coefficient (Wildman–Crippen LogP) is 1.90. The minimum atomic E-state index is -0.264. The zero-order valence-corrected chi connectivity index (χ0v) is 7.52. The average molecular weight is 178 g/mol. The molecule has 1 heterocycles. The van der Waals surface area contributed by atoms with Crippen molar-refractivity contribution in [1.29, 1.82) is 0 Å². The van der Waals surface area contributed by atoms with E-state index in [-0.39, 0.29) is 12.2 Å². The second-order valence-electron chi connectivity index (χ2n) is 3.46. The average Bonchev–Trinajstić information content (AvgIpc) is 2.20. The van der Waals surface area contributed by atoms with Crippen LogP contribution in [0.25, 0.3) is 0 Å². The van der Waals surface area contributed by atoms with Crippen LogP contribution in [0.4, 0.5) is 0 Å². The van der Waals surface area contributed by atoms with Crippen LogP contribution in [0, 0.1) is 0 Å². The van der Waals surface area contributed by atoms with Crippen molar-refractivity contribution in [2.24, 2.45) is 0 Å². The van der Waals surface area contributed by atoms with Crippen molar-refractivity contribution in [3.05, 3.63) is 35.9 Å². The summed E-state index contributed by atoms with van der Waals surface area (Å²) in [6.07, 6.45) is 1.69. The van der Waals surface area contributed by atoms with E-state index in [1.807, 2.05) is 18.2 Å². The third-order valence-electron chi connectivity index (χ3n) is 2.42. The first kappa shape index (κ1) is 8.73. The van der Waals surface area contributed by atoms with Gasteiger partial charge < -0.3 is 9.84 Å². The van der Waals surface area contributed by atoms with E-state index in [2.05, 4.69) is 12.1 Å². The van der Waals surface area contributed by atoms with Crippen LogP contribution >= 0.6 is 0 Å². The first-order chi connectivity index (χ1) is 6.36. The Morgan fingerprint density at radius 3 is 2.54 bits per heavy atom. The lowest BCUT2D eigenvalue weighted by Crippen LogP contribution is -2.24. The molecule has 2 atom stereocenters. The molecule has 2 rings (SSSR count). The van der Waals surface area contributed by atoms with Crippen LogP contribution in [0.5, 0.6) is 0 Å². The number of benzene rings is 1. The normalized spacial score (nSPS) is 28.7. The highest BCUT2D eigenvalue weighted by Gasteiger charge is 2.20. The fourth-order valence-electron chi connectivity index (χ4n) is 1.67. The summed E-state index contributed by atoms with van der Waals surface area (Å²) < 4.78 is 5.53. The summed E-state index contributed by atoms with van der Waals surface area (Å²) in [6.45, 7) is 0.472. The van der Waals surface area contributed by atoms with Crippen molar-refractivity contribution in [2.45, 2.75) is 25.0 Å². The smallest absolute Gasteiger partial charge is 0.0827 e. The molecule has 70 valence electrons. The summed E-state index contributed by atoms with van der Waals surface area (Å²) in [5.41, 5.74) is 1.22. The molecule has 0 radical (unpaired) electrons. The van der Waals surface area contributed by atoms with Gasteiger partial charge in [0, 0.05) is 0 Å². The lowest BCUT2D eigenvalue weighted by Gasteiger charge is -2.26. The Hall–Kier alpha value is -0.860. The molecule has 0 saturated carbocycles. The van der Waals surface area contributed by atoms with E-state index in [1.165, 1.54) is 5.56 Å². The van der Waals surface area contributed by atoms with E-state index >= 15 is 0 Å². The van der Waals surface area contributed by atoms with Gasteiger partial charge in [0.2, 0.25) is 0 Å². The third-order valence-corrected chi connectivity index (χ3v) is 2.42. The Morgan fingerprint density at radius 2 is 1.92 bits per heavy atom. The molecule has 1 aliphatic rings. The Bertz CT molecular complexity index is 250. The second-order valence-corrected chi connectivity index (χ2v) is 3.46. The van der Waals surface area contributed by atoms with Crippen molar-refractivity contribution in [1.82, 2.24) is 0 Å². The van der Waals surface area contributed by atoms with Crippen LogP contribution in [-0.2, 0) is 4.74 Å². The van der Waals surface area contributed by atoms with Crippen molar-refractivity contribution in [2.75, 3.05) is 6.61 Å². The molecule has 13 heavy (non-hydrogen) atoms. The highest BCUT2D eigenvalue weighted by Crippen LogP contribution is 2.27. The van der Waals surface area contributed by atoms with Gasteiger partial charge in [-0.1, -0.05) is 30.3 Å². The maximum absolute atomic E-state index is 9.25. The van der Waals surface area contributed by atoms with Gasteiger partial charge in [-0.15, -0.1) is 0 Å². The molecule has 2 heteroatoms. The summed E-state index contributed by atoms with van der Waals surface area (Å²) >= 11 is 0. The zero-order valence-electron chi connectivity index (χ0n) is 7.52. The fraction of sp³-hybridized carbons (Fsp3) is 0.455. The molecule has 0 aromatic heterocycles. The highest BCUT2D eigenvalue weighted by atomic mass is 16.5. The van der Waals surface area contributed by atoms with E-state index in [4.69, 9.17) is 4.74 Å². The number of aliphatic hydroxyl groups excluding tert-OH is 1. The van der Waals surface area contributed by atoms with Crippen LogP contribution in [0.3, 0.4) is 0 Å². The van der Waals surface area contributed by atoms with Crippen LogP contribution in [0.1, 0.15) is 24.5 Å². The van der Waals surface area contributed by atoms with Gasteiger partial charge in [-0.2, -0.15) is 0 Å². The summed E-state index contributed by atoms with van der Waals surface area (Å²) in [5, 5.41) is 9.25. The van der Waals surface area contributed by atoms with Gasteiger partial charge in [0.15, 0.2) is 0 Å². The highest BCUT2D eigenvalue weighted by molar-refractivity contribution is 5.17. The number of ether oxygens (including phenoxy) is 1. The fourth-order valence-corrected chi connectivity index (χ4v) is 1.67. The Morgan fingerprint density at radius 1 is 1.15 bits per heavy atom. The molecule has 1 aromatic carbocycles.